The van der Waals surface area contributed by atoms with Crippen LogP contribution in [-0.2, 0) is 4.79 Å². The van der Waals surface area contributed by atoms with Gasteiger partial charge in [-0.2, -0.15) is 0 Å². The van der Waals surface area contributed by atoms with Gasteiger partial charge in [-0.25, -0.2) is 0 Å². The topological polar surface area (TPSA) is 75.1 Å². The van der Waals surface area contributed by atoms with Gasteiger partial charge in [0, 0.05) is 47.8 Å². The first-order valence-corrected chi connectivity index (χ1v) is 13.8. The van der Waals surface area contributed by atoms with Crippen molar-refractivity contribution >= 4 is 39.7 Å². The molecule has 2 N–H and O–H groups in total. The van der Waals surface area contributed by atoms with E-state index in [-0.39, 0.29) is 24.4 Å². The minimum Gasteiger partial charge on any atom is -0.352 e. The van der Waals surface area contributed by atoms with E-state index in [4.69, 9.17) is 12.2 Å². The summed E-state index contributed by atoms with van der Waals surface area (Å²) in [6, 6.07) is 25.8. The molecule has 3 aromatic heterocycles. The number of carbonyl (C=O) groups excluding carboxylic acids is 1. The summed E-state index contributed by atoms with van der Waals surface area (Å²) in [5.74, 6) is -0.0555. The predicted molar refractivity (Wildman–Crippen MR) is 162 cm³/mol. The maximum atomic E-state index is 13.2. The first kappa shape index (κ1) is 25.7. The number of anilines is 1. The largest absolute Gasteiger partial charge is 0.352 e. The van der Waals surface area contributed by atoms with Crippen molar-refractivity contribution in [3.63, 3.8) is 0 Å². The molecule has 5 aromatic rings. The molecular weight excluding hydrogens is 516 g/mol. The number of nitrogens with one attached hydrogen (secondary N) is 2. The number of thiocarbonyl (C=S) groups is 1. The molecule has 7 nitrogen and oxygen atoms in total. The number of aromatic nitrogens is 3. The van der Waals surface area contributed by atoms with Crippen LogP contribution in [0, 0.1) is 13.8 Å². The lowest BCUT2D eigenvalue weighted by atomic mass is 9.96. The first-order valence-electron chi connectivity index (χ1n) is 13.4. The summed E-state index contributed by atoms with van der Waals surface area (Å²) in [6.45, 7) is 4.69. The molecule has 0 bridgehead atoms. The molecule has 0 spiro atoms. The molecule has 1 fully saturated rings. The summed E-state index contributed by atoms with van der Waals surface area (Å²) in [4.78, 5) is 24.3. The predicted octanol–water partition coefficient (Wildman–Crippen LogP) is 6.04. The fourth-order valence-electron chi connectivity index (χ4n) is 5.72. The highest BCUT2D eigenvalue weighted by Crippen LogP contribution is 2.41. The Morgan fingerprint density at radius 1 is 1.00 bits per heavy atom. The van der Waals surface area contributed by atoms with Gasteiger partial charge < -0.3 is 20.1 Å². The highest BCUT2D eigenvalue weighted by Gasteiger charge is 2.41. The second-order valence-corrected chi connectivity index (χ2v) is 10.4. The second-order valence-electron chi connectivity index (χ2n) is 10.0. The number of benzene rings is 2. The van der Waals surface area contributed by atoms with Crippen molar-refractivity contribution < 1.29 is 4.79 Å². The Kier molecular flexibility index (Phi) is 7.00. The summed E-state index contributed by atoms with van der Waals surface area (Å²) in [5.41, 5.74) is 6.07. The molecule has 40 heavy (non-hydrogen) atoms. The van der Waals surface area contributed by atoms with E-state index in [2.05, 4.69) is 56.0 Å². The maximum absolute atomic E-state index is 13.2. The first-order chi connectivity index (χ1) is 19.5. The zero-order valence-corrected chi connectivity index (χ0v) is 23.2. The third-order valence-corrected chi connectivity index (χ3v) is 7.89. The van der Waals surface area contributed by atoms with Gasteiger partial charge in [-0.3, -0.25) is 14.8 Å². The highest BCUT2D eigenvalue weighted by atomic mass is 32.1. The van der Waals surface area contributed by atoms with Crippen LogP contribution < -0.4 is 10.6 Å². The zero-order valence-electron chi connectivity index (χ0n) is 22.4. The molecule has 4 heterocycles. The lowest BCUT2D eigenvalue weighted by molar-refractivity contribution is -0.116. The number of aryl methyl sites for hydroxylation is 1. The summed E-state index contributed by atoms with van der Waals surface area (Å²) in [5, 5.41) is 9.35. The maximum Gasteiger partial charge on any atom is 0.226 e. The van der Waals surface area contributed by atoms with Gasteiger partial charge in [-0.1, -0.05) is 42.5 Å². The van der Waals surface area contributed by atoms with E-state index < -0.39 is 0 Å². The number of rotatable bonds is 7. The van der Waals surface area contributed by atoms with Gasteiger partial charge >= 0.3 is 0 Å². The number of carbonyl (C=O) groups is 1. The molecule has 2 aromatic carbocycles. The van der Waals surface area contributed by atoms with Crippen molar-refractivity contribution in [2.45, 2.75) is 32.4 Å². The van der Waals surface area contributed by atoms with Gasteiger partial charge in [-0.15, -0.1) is 0 Å². The number of amides is 1. The summed E-state index contributed by atoms with van der Waals surface area (Å²) < 4.78 is 2.21. The van der Waals surface area contributed by atoms with Crippen molar-refractivity contribution in [1.29, 1.82) is 0 Å². The van der Waals surface area contributed by atoms with Crippen LogP contribution in [0.5, 0.6) is 0 Å². The van der Waals surface area contributed by atoms with Crippen molar-refractivity contribution in [1.82, 2.24) is 24.8 Å². The van der Waals surface area contributed by atoms with Crippen LogP contribution in [0.4, 0.5) is 5.69 Å². The van der Waals surface area contributed by atoms with Crippen molar-refractivity contribution in [2.24, 2.45) is 0 Å². The molecule has 200 valence electrons. The molecule has 1 aliphatic heterocycles. The van der Waals surface area contributed by atoms with Gasteiger partial charge in [0.05, 0.1) is 29.7 Å². The lowest BCUT2D eigenvalue weighted by Gasteiger charge is -2.28. The minimum atomic E-state index is -0.155. The molecule has 0 aliphatic carbocycles. The molecule has 0 radical (unpaired) electrons. The van der Waals surface area contributed by atoms with Crippen LogP contribution in [-0.4, -0.2) is 37.0 Å². The smallest absolute Gasteiger partial charge is 0.226 e. The van der Waals surface area contributed by atoms with Crippen LogP contribution in [0.25, 0.3) is 16.5 Å². The van der Waals surface area contributed by atoms with E-state index >= 15 is 0 Å². The van der Waals surface area contributed by atoms with E-state index in [1.807, 2.05) is 72.9 Å². The molecule has 8 heteroatoms. The number of pyridine rings is 2. The summed E-state index contributed by atoms with van der Waals surface area (Å²) in [6.07, 6.45) is 5.74. The summed E-state index contributed by atoms with van der Waals surface area (Å²) >= 11 is 5.85. The number of hydrogen-bond acceptors (Lipinski definition) is 4. The Morgan fingerprint density at radius 3 is 2.62 bits per heavy atom. The van der Waals surface area contributed by atoms with Crippen molar-refractivity contribution in [3.8, 4) is 5.69 Å². The van der Waals surface area contributed by atoms with E-state index in [1.165, 1.54) is 0 Å². The fourth-order valence-corrected chi connectivity index (χ4v) is 6.06. The summed E-state index contributed by atoms with van der Waals surface area (Å²) in [7, 11) is 0. The van der Waals surface area contributed by atoms with Crippen molar-refractivity contribution in [3.05, 3.63) is 120 Å². The van der Waals surface area contributed by atoms with Gasteiger partial charge in [0.25, 0.3) is 0 Å². The molecule has 0 unspecified atom stereocenters. The highest BCUT2D eigenvalue weighted by molar-refractivity contribution is 7.80. The van der Waals surface area contributed by atoms with E-state index in [9.17, 15) is 4.79 Å². The van der Waals surface area contributed by atoms with E-state index in [1.54, 1.807) is 12.4 Å². The van der Waals surface area contributed by atoms with Gasteiger partial charge in [0.2, 0.25) is 5.91 Å². The third-order valence-electron chi connectivity index (χ3n) is 7.53. The Labute approximate surface area is 238 Å². The second kappa shape index (κ2) is 10.9. The Morgan fingerprint density at radius 2 is 1.82 bits per heavy atom. The zero-order chi connectivity index (χ0) is 27.6. The minimum absolute atomic E-state index is 0.0555. The number of nitrogens with zero attached hydrogens (tertiary/aromatic N) is 4. The molecule has 1 amide bonds. The fraction of sp³-hybridized carbons (Fsp3) is 0.188. The molecule has 2 atom stereocenters. The van der Waals surface area contributed by atoms with Crippen molar-refractivity contribution in [2.75, 3.05) is 11.9 Å². The average molecular weight is 547 g/mol. The van der Waals surface area contributed by atoms with Gasteiger partial charge in [-0.05, 0) is 73.4 Å². The Balaban J connectivity index is 1.30. The third kappa shape index (κ3) is 4.82. The van der Waals surface area contributed by atoms with E-state index in [0.717, 1.165) is 44.8 Å². The average Bonchev–Trinajstić information content (AvgIpc) is 3.47. The van der Waals surface area contributed by atoms with E-state index in [0.29, 0.717) is 11.7 Å². The molecule has 6 rings (SSSR count). The quantitative estimate of drug-likeness (QED) is 0.243. The monoisotopic (exact) mass is 546 g/mol. The van der Waals surface area contributed by atoms with Crippen LogP contribution in [0.15, 0.2) is 97.5 Å². The number of hydrogen-bond donors (Lipinski definition) is 2. The SMILES string of the molecule is Cc1cc([C@@H]2[C@H](c3ccccn3)NC(=S)N2CCC(=O)Nc2cccc3ccccc23)c(C)n1-c1cccnc1. The van der Waals surface area contributed by atoms with Gasteiger partial charge in [0.1, 0.15) is 0 Å². The normalized spacial score (nSPS) is 16.8. The number of fused-ring (bicyclic) bond motifs is 1. The Bertz CT molecular complexity index is 1680. The Hall–Kier alpha value is -4.56. The molecule has 1 aliphatic rings. The lowest BCUT2D eigenvalue weighted by Crippen LogP contribution is -2.33. The van der Waals surface area contributed by atoms with Crippen LogP contribution in [0.1, 0.15) is 41.1 Å². The standard InChI is InChI=1S/C32H30N6OS/c1-21-19-26(22(2)38(21)24-11-8-16-33-20-24)31-30(28-13-5-6-17-34-28)36-32(40)37(31)18-15-29(39)35-27-14-7-10-23-9-3-4-12-25(23)27/h3-14,16-17,19-20,30-31H,15,18H2,1-2H3,(H,35,39)(H,36,40)/t30-,31+/m0/s1. The molecule has 1 saturated heterocycles. The van der Waals surface area contributed by atoms with Gasteiger partial charge in [0.15, 0.2) is 5.11 Å². The van der Waals surface area contributed by atoms with Crippen LogP contribution >= 0.6 is 12.2 Å². The molecule has 0 saturated carbocycles. The van der Waals surface area contributed by atoms with Crippen LogP contribution in [0.2, 0.25) is 0 Å². The molecular formula is C32H30N6OS. The van der Waals surface area contributed by atoms with Crippen LogP contribution in [0.3, 0.4) is 0 Å².